The van der Waals surface area contributed by atoms with Crippen LogP contribution in [0.1, 0.15) is 26.2 Å². The topological polar surface area (TPSA) is 92.7 Å². The Bertz CT molecular complexity index is 406. The molecule has 0 aromatic carbocycles. The van der Waals surface area contributed by atoms with Crippen LogP contribution in [0.25, 0.3) is 0 Å². The molecule has 0 heterocycles. The fourth-order valence-corrected chi connectivity index (χ4v) is 2.34. The maximum atomic E-state index is 12.0. The minimum absolute atomic E-state index is 0. The van der Waals surface area contributed by atoms with Gasteiger partial charge in [-0.25, -0.2) is 0 Å². The fraction of sp³-hybridized carbons (Fsp3) is 0.615. The molecule has 0 amide bonds. The molecule has 7 heteroatoms. The summed E-state index contributed by atoms with van der Waals surface area (Å²) in [5.41, 5.74) is -1.14. The molecule has 0 N–H and O–H groups in total. The van der Waals surface area contributed by atoms with Crippen LogP contribution in [0, 0.1) is 11.3 Å². The van der Waals surface area contributed by atoms with E-state index in [4.69, 9.17) is 9.47 Å². The second-order valence-electron chi connectivity index (χ2n) is 4.58. The maximum Gasteiger partial charge on any atom is 1.00 e. The Balaban J connectivity index is 0.00000361. The van der Waals surface area contributed by atoms with E-state index in [1.165, 1.54) is 14.0 Å². The molecular formula is C13H17NaO6. The molecule has 0 saturated heterocycles. The van der Waals surface area contributed by atoms with Crippen molar-refractivity contribution in [3.05, 3.63) is 12.2 Å². The molecule has 0 radical (unpaired) electrons. The molecule has 1 rings (SSSR count). The number of aliphatic carboxylic acids is 1. The van der Waals surface area contributed by atoms with Crippen molar-refractivity contribution in [2.75, 3.05) is 13.7 Å². The van der Waals surface area contributed by atoms with Gasteiger partial charge >= 0.3 is 41.5 Å². The van der Waals surface area contributed by atoms with Crippen molar-refractivity contribution in [2.45, 2.75) is 26.2 Å². The van der Waals surface area contributed by atoms with Crippen molar-refractivity contribution in [1.82, 2.24) is 0 Å². The first kappa shape index (κ1) is 19.1. The average Bonchev–Trinajstić information content (AvgIpc) is 2.36. The van der Waals surface area contributed by atoms with Crippen molar-refractivity contribution in [3.63, 3.8) is 0 Å². The monoisotopic (exact) mass is 292 g/mol. The van der Waals surface area contributed by atoms with Crippen LogP contribution < -0.4 is 34.7 Å². The van der Waals surface area contributed by atoms with Crippen LogP contribution in [0.4, 0.5) is 0 Å². The normalized spacial score (nSPS) is 24.4. The van der Waals surface area contributed by atoms with E-state index in [1.54, 1.807) is 6.08 Å². The van der Waals surface area contributed by atoms with Crippen LogP contribution in [0.5, 0.6) is 0 Å². The van der Waals surface area contributed by atoms with Crippen molar-refractivity contribution >= 4 is 17.9 Å². The van der Waals surface area contributed by atoms with Gasteiger partial charge in [0.05, 0.1) is 7.11 Å². The van der Waals surface area contributed by atoms with E-state index in [1.807, 2.05) is 6.08 Å². The first-order valence-electron chi connectivity index (χ1n) is 6.00. The summed E-state index contributed by atoms with van der Waals surface area (Å²) in [7, 11) is 1.23. The van der Waals surface area contributed by atoms with Crippen LogP contribution in [0.15, 0.2) is 12.2 Å². The number of ether oxygens (including phenoxy) is 2. The largest absolute Gasteiger partial charge is 1.00 e. The van der Waals surface area contributed by atoms with E-state index in [9.17, 15) is 19.5 Å². The molecule has 6 nitrogen and oxygen atoms in total. The van der Waals surface area contributed by atoms with Crippen LogP contribution in [-0.2, 0) is 23.9 Å². The summed E-state index contributed by atoms with van der Waals surface area (Å²) in [6.07, 6.45) is 4.12. The smallest absolute Gasteiger partial charge is 0.550 e. The number of methoxy groups -OCH3 is 1. The molecule has 0 spiro atoms. The molecule has 0 aliphatic heterocycles. The predicted molar refractivity (Wildman–Crippen MR) is 62.6 cm³/mol. The zero-order valence-electron chi connectivity index (χ0n) is 12.0. The predicted octanol–water partition coefficient (Wildman–Crippen LogP) is -3.18. The van der Waals surface area contributed by atoms with Gasteiger partial charge in [0.25, 0.3) is 0 Å². The quantitative estimate of drug-likeness (QED) is 0.301. The molecule has 0 saturated carbocycles. The SMILES string of the molecule is COC(=O)[C@]1(COC(C)=O)CCC=C[C@H]1CC(=O)[O-].[Na+]. The number of carboxylic acid groups (broad SMARTS) is 1. The average molecular weight is 292 g/mol. The van der Waals surface area contributed by atoms with E-state index in [2.05, 4.69) is 0 Å². The minimum atomic E-state index is -1.26. The summed E-state index contributed by atoms with van der Waals surface area (Å²) in [5.74, 6) is -2.94. The van der Waals surface area contributed by atoms with Gasteiger partial charge in [0.1, 0.15) is 12.0 Å². The summed E-state index contributed by atoms with van der Waals surface area (Å²) in [5, 5.41) is 10.8. The number of hydrogen-bond acceptors (Lipinski definition) is 6. The fourth-order valence-electron chi connectivity index (χ4n) is 2.34. The van der Waals surface area contributed by atoms with E-state index in [0.29, 0.717) is 12.8 Å². The van der Waals surface area contributed by atoms with Crippen molar-refractivity contribution in [3.8, 4) is 0 Å². The Morgan fingerprint density at radius 3 is 2.55 bits per heavy atom. The summed E-state index contributed by atoms with van der Waals surface area (Å²) in [6, 6.07) is 0. The van der Waals surface area contributed by atoms with E-state index >= 15 is 0 Å². The van der Waals surface area contributed by atoms with Gasteiger partial charge in [0.15, 0.2) is 0 Å². The van der Waals surface area contributed by atoms with Crippen LogP contribution in [0.3, 0.4) is 0 Å². The van der Waals surface area contributed by atoms with Crippen molar-refractivity contribution < 1.29 is 58.5 Å². The number of allylic oxidation sites excluding steroid dienone is 2. The first-order chi connectivity index (χ1) is 8.92. The van der Waals surface area contributed by atoms with Gasteiger partial charge in [0.2, 0.25) is 0 Å². The third-order valence-corrected chi connectivity index (χ3v) is 3.35. The standard InChI is InChI=1S/C13H18O6.Na/c1-9(14)19-8-13(12(17)18-2)6-4-3-5-10(13)7-11(15)16;/h3,5,10H,4,6-8H2,1-2H3,(H,15,16);/q;+1/p-1/t10-,13-;/m0./s1. The van der Waals surface area contributed by atoms with Gasteiger partial charge in [0, 0.05) is 18.8 Å². The third kappa shape index (κ3) is 4.61. The second-order valence-corrected chi connectivity index (χ2v) is 4.58. The molecule has 0 bridgehead atoms. The molecule has 0 aromatic rings. The number of carbonyl (C=O) groups excluding carboxylic acids is 3. The molecule has 0 fully saturated rings. The van der Waals surface area contributed by atoms with Gasteiger partial charge < -0.3 is 19.4 Å². The Hall–Kier alpha value is -0.850. The van der Waals surface area contributed by atoms with Gasteiger partial charge in [-0.05, 0) is 19.3 Å². The first-order valence-corrected chi connectivity index (χ1v) is 6.00. The minimum Gasteiger partial charge on any atom is -0.550 e. The summed E-state index contributed by atoms with van der Waals surface area (Å²) < 4.78 is 9.69. The Kier molecular flexibility index (Phi) is 8.08. The van der Waals surface area contributed by atoms with E-state index in [0.717, 1.165) is 0 Å². The van der Waals surface area contributed by atoms with Crippen LogP contribution in [-0.4, -0.2) is 31.6 Å². The Morgan fingerprint density at radius 1 is 1.40 bits per heavy atom. The van der Waals surface area contributed by atoms with Crippen molar-refractivity contribution in [1.29, 1.82) is 0 Å². The molecule has 2 atom stereocenters. The zero-order chi connectivity index (χ0) is 14.5. The van der Waals surface area contributed by atoms with Crippen molar-refractivity contribution in [2.24, 2.45) is 11.3 Å². The van der Waals surface area contributed by atoms with Gasteiger partial charge in [-0.15, -0.1) is 0 Å². The zero-order valence-corrected chi connectivity index (χ0v) is 14.0. The van der Waals surface area contributed by atoms with Crippen LogP contribution >= 0.6 is 0 Å². The second kappa shape index (κ2) is 8.44. The number of carbonyl (C=O) groups is 3. The van der Waals surface area contributed by atoms with E-state index < -0.39 is 29.2 Å². The van der Waals surface area contributed by atoms with Gasteiger partial charge in [-0.3, -0.25) is 9.59 Å². The number of rotatable bonds is 5. The van der Waals surface area contributed by atoms with Crippen LogP contribution in [0.2, 0.25) is 0 Å². The molecule has 1 aliphatic carbocycles. The third-order valence-electron chi connectivity index (χ3n) is 3.35. The number of esters is 2. The van der Waals surface area contributed by atoms with Gasteiger partial charge in [-0.2, -0.15) is 0 Å². The van der Waals surface area contributed by atoms with Gasteiger partial charge in [-0.1, -0.05) is 12.2 Å². The Morgan fingerprint density at radius 2 is 2.05 bits per heavy atom. The Labute approximate surface area is 139 Å². The molecule has 1 aliphatic rings. The summed E-state index contributed by atoms with van der Waals surface area (Å²) in [6.45, 7) is 1.05. The molecule has 20 heavy (non-hydrogen) atoms. The van der Waals surface area contributed by atoms with E-state index in [-0.39, 0.29) is 42.6 Å². The molecule has 0 unspecified atom stereocenters. The maximum absolute atomic E-state index is 12.0. The summed E-state index contributed by atoms with van der Waals surface area (Å²) in [4.78, 5) is 33.8. The molecule has 106 valence electrons. The molecular weight excluding hydrogens is 275 g/mol. The summed E-state index contributed by atoms with van der Waals surface area (Å²) >= 11 is 0. The number of hydrogen-bond donors (Lipinski definition) is 0. The number of carboxylic acids is 1. The molecule has 0 aromatic heterocycles.